The van der Waals surface area contributed by atoms with Crippen molar-refractivity contribution in [2.24, 2.45) is 0 Å². The van der Waals surface area contributed by atoms with E-state index in [4.69, 9.17) is 0 Å². The van der Waals surface area contributed by atoms with E-state index in [1.54, 1.807) is 6.92 Å². The number of anilines is 1. The van der Waals surface area contributed by atoms with Crippen LogP contribution < -0.4 is 10.5 Å². The monoisotopic (exact) mass is 263 g/mol. The molecule has 0 spiro atoms. The molecule has 0 aromatic carbocycles. The van der Waals surface area contributed by atoms with E-state index in [-0.39, 0.29) is 18.3 Å². The maximum absolute atomic E-state index is 12.4. The molecular weight excluding hydrogens is 247 g/mol. The van der Waals surface area contributed by atoms with Crippen molar-refractivity contribution in [2.75, 3.05) is 18.0 Å². The van der Waals surface area contributed by atoms with Gasteiger partial charge < -0.3 is 9.88 Å². The quantitative estimate of drug-likeness (QED) is 0.906. The molecule has 0 amide bonds. The van der Waals surface area contributed by atoms with Crippen LogP contribution in [0.4, 0.5) is 19.0 Å². The second kappa shape index (κ2) is 5.41. The smallest absolute Gasteiger partial charge is 0.348 e. The summed E-state index contributed by atoms with van der Waals surface area (Å²) in [6.07, 6.45) is -4.32. The van der Waals surface area contributed by atoms with Crippen LogP contribution in [0.25, 0.3) is 0 Å². The molecule has 1 rings (SSSR count). The van der Waals surface area contributed by atoms with Crippen LogP contribution in [0.5, 0.6) is 0 Å². The lowest BCUT2D eigenvalue weighted by Gasteiger charge is -2.23. The zero-order valence-corrected chi connectivity index (χ0v) is 10.5. The Morgan fingerprint density at radius 2 is 2.06 bits per heavy atom. The van der Waals surface area contributed by atoms with E-state index in [0.29, 0.717) is 5.82 Å². The van der Waals surface area contributed by atoms with Crippen molar-refractivity contribution in [3.63, 3.8) is 0 Å². The van der Waals surface area contributed by atoms with Gasteiger partial charge in [0.1, 0.15) is 18.2 Å². The second-order valence-corrected chi connectivity index (χ2v) is 4.27. The van der Waals surface area contributed by atoms with E-state index in [2.05, 4.69) is 9.97 Å². The highest BCUT2D eigenvalue weighted by molar-refractivity contribution is 5.37. The summed E-state index contributed by atoms with van der Waals surface area (Å²) in [5, 5.41) is 0. The van der Waals surface area contributed by atoms with Gasteiger partial charge in [0.25, 0.3) is 5.56 Å². The molecule has 0 saturated heterocycles. The summed E-state index contributed by atoms with van der Waals surface area (Å²) in [7, 11) is 0. The summed E-state index contributed by atoms with van der Waals surface area (Å²) in [6.45, 7) is 4.22. The van der Waals surface area contributed by atoms with Gasteiger partial charge in [0.05, 0.1) is 0 Å². The predicted molar refractivity (Wildman–Crippen MR) is 62.9 cm³/mol. The van der Waals surface area contributed by atoms with Crippen LogP contribution in [-0.2, 0) is 0 Å². The van der Waals surface area contributed by atoms with Crippen LogP contribution in [0.15, 0.2) is 10.9 Å². The molecule has 1 aromatic heterocycles. The number of hydrogen-bond donors (Lipinski definition) is 1. The van der Waals surface area contributed by atoms with Crippen LogP contribution in [0.1, 0.15) is 32.5 Å². The van der Waals surface area contributed by atoms with Crippen molar-refractivity contribution in [1.29, 1.82) is 0 Å². The number of halogens is 3. The van der Waals surface area contributed by atoms with Gasteiger partial charge in [-0.1, -0.05) is 13.8 Å². The van der Waals surface area contributed by atoms with E-state index in [9.17, 15) is 18.0 Å². The molecule has 0 aliphatic heterocycles. The lowest BCUT2D eigenvalue weighted by Crippen LogP contribution is -2.35. The molecule has 0 unspecified atom stereocenters. The minimum Gasteiger partial charge on any atom is -0.348 e. The molecule has 4 nitrogen and oxygen atoms in total. The van der Waals surface area contributed by atoms with E-state index in [1.807, 2.05) is 13.8 Å². The number of H-pyrrole nitrogens is 1. The maximum atomic E-state index is 12.4. The lowest BCUT2D eigenvalue weighted by molar-refractivity contribution is -0.119. The lowest BCUT2D eigenvalue weighted by atomic mass is 10.2. The summed E-state index contributed by atoms with van der Waals surface area (Å²) in [5.74, 6) is 0.391. The summed E-state index contributed by atoms with van der Waals surface area (Å²) >= 11 is 0. The van der Waals surface area contributed by atoms with E-state index in [0.717, 1.165) is 11.0 Å². The van der Waals surface area contributed by atoms with Gasteiger partial charge in [-0.2, -0.15) is 13.2 Å². The van der Waals surface area contributed by atoms with Gasteiger partial charge in [-0.15, -0.1) is 0 Å². The Bertz CT molecular complexity index is 454. The van der Waals surface area contributed by atoms with Crippen molar-refractivity contribution in [3.05, 3.63) is 22.2 Å². The van der Waals surface area contributed by atoms with Crippen molar-refractivity contribution in [2.45, 2.75) is 32.9 Å². The SMILES string of the molecule is CCN(CC(F)(F)F)c1cc(=O)[nH]c(C(C)C)n1. The van der Waals surface area contributed by atoms with Crippen LogP contribution in [0.3, 0.4) is 0 Å². The highest BCUT2D eigenvalue weighted by atomic mass is 19.4. The molecule has 102 valence electrons. The van der Waals surface area contributed by atoms with Gasteiger partial charge in [-0.3, -0.25) is 4.79 Å². The molecular formula is C11H16F3N3O. The summed E-state index contributed by atoms with van der Waals surface area (Å²) in [5.41, 5.74) is -0.440. The van der Waals surface area contributed by atoms with Crippen molar-refractivity contribution in [1.82, 2.24) is 9.97 Å². The molecule has 0 aliphatic rings. The number of hydrogen-bond acceptors (Lipinski definition) is 3. The first kappa shape index (κ1) is 14.5. The van der Waals surface area contributed by atoms with Gasteiger partial charge >= 0.3 is 6.18 Å². The predicted octanol–water partition coefficient (Wildman–Crippen LogP) is 2.28. The third kappa shape index (κ3) is 4.05. The first-order chi connectivity index (χ1) is 8.23. The molecule has 1 aromatic rings. The Kier molecular flexibility index (Phi) is 4.37. The molecule has 7 heteroatoms. The molecule has 18 heavy (non-hydrogen) atoms. The third-order valence-corrected chi connectivity index (χ3v) is 2.37. The molecule has 0 saturated carbocycles. The number of nitrogens with zero attached hydrogens (tertiary/aromatic N) is 2. The minimum atomic E-state index is -4.32. The molecule has 0 fully saturated rings. The molecule has 0 radical (unpaired) electrons. The normalized spacial score (nSPS) is 11.9. The Morgan fingerprint density at radius 1 is 1.44 bits per heavy atom. The zero-order valence-electron chi connectivity index (χ0n) is 10.5. The molecule has 0 atom stereocenters. The zero-order chi connectivity index (χ0) is 13.9. The fourth-order valence-electron chi connectivity index (χ4n) is 1.47. The Hall–Kier alpha value is -1.53. The molecule has 1 N–H and O–H groups in total. The first-order valence-corrected chi connectivity index (χ1v) is 5.66. The van der Waals surface area contributed by atoms with Crippen LogP contribution in [-0.4, -0.2) is 29.2 Å². The van der Waals surface area contributed by atoms with Gasteiger partial charge in [0.2, 0.25) is 0 Å². The highest BCUT2D eigenvalue weighted by Crippen LogP contribution is 2.20. The standard InChI is InChI=1S/C11H16F3N3O/c1-4-17(6-11(12,13)14)8-5-9(18)16-10(15-8)7(2)3/h5,7H,4,6H2,1-3H3,(H,15,16,18). The third-order valence-electron chi connectivity index (χ3n) is 2.37. The average molecular weight is 263 g/mol. The number of aromatic nitrogens is 2. The second-order valence-electron chi connectivity index (χ2n) is 4.27. The fourth-order valence-corrected chi connectivity index (χ4v) is 1.47. The summed E-state index contributed by atoms with van der Waals surface area (Å²) < 4.78 is 37.1. The summed E-state index contributed by atoms with van der Waals surface area (Å²) in [4.78, 5) is 19.0. The van der Waals surface area contributed by atoms with Gasteiger partial charge in [0.15, 0.2) is 0 Å². The Morgan fingerprint density at radius 3 is 2.50 bits per heavy atom. The van der Waals surface area contributed by atoms with E-state index < -0.39 is 18.3 Å². The average Bonchev–Trinajstić information content (AvgIpc) is 2.23. The maximum Gasteiger partial charge on any atom is 0.405 e. The van der Waals surface area contributed by atoms with Gasteiger partial charge in [-0.25, -0.2) is 4.98 Å². The highest BCUT2D eigenvalue weighted by Gasteiger charge is 2.31. The topological polar surface area (TPSA) is 49.0 Å². The molecule has 0 bridgehead atoms. The van der Waals surface area contributed by atoms with E-state index in [1.165, 1.54) is 0 Å². The molecule has 1 heterocycles. The fraction of sp³-hybridized carbons (Fsp3) is 0.636. The molecule has 0 aliphatic carbocycles. The number of aromatic amines is 1. The van der Waals surface area contributed by atoms with Crippen molar-refractivity contribution in [3.8, 4) is 0 Å². The van der Waals surface area contributed by atoms with Gasteiger partial charge in [0, 0.05) is 18.5 Å². The number of rotatable bonds is 4. The Labute approximate surface area is 103 Å². The van der Waals surface area contributed by atoms with Crippen molar-refractivity contribution < 1.29 is 13.2 Å². The first-order valence-electron chi connectivity index (χ1n) is 5.66. The minimum absolute atomic E-state index is 0.0535. The largest absolute Gasteiger partial charge is 0.405 e. The van der Waals surface area contributed by atoms with E-state index >= 15 is 0 Å². The van der Waals surface area contributed by atoms with Crippen LogP contribution in [0.2, 0.25) is 0 Å². The van der Waals surface area contributed by atoms with Crippen molar-refractivity contribution >= 4 is 5.82 Å². The van der Waals surface area contributed by atoms with Crippen LogP contribution in [0, 0.1) is 0 Å². The number of alkyl halides is 3. The van der Waals surface area contributed by atoms with Crippen LogP contribution >= 0.6 is 0 Å². The van der Waals surface area contributed by atoms with Gasteiger partial charge in [-0.05, 0) is 6.92 Å². The Balaban J connectivity index is 3.10. The summed E-state index contributed by atoms with van der Waals surface area (Å²) in [6, 6.07) is 1.08. The number of nitrogens with one attached hydrogen (secondary N) is 1.